The number of aliphatic hydroxyl groups excluding tert-OH is 1. The molecule has 0 spiro atoms. The summed E-state index contributed by atoms with van der Waals surface area (Å²) >= 11 is 0. The van der Waals surface area contributed by atoms with Gasteiger partial charge in [-0.25, -0.2) is 0 Å². The van der Waals surface area contributed by atoms with Crippen molar-refractivity contribution in [3.63, 3.8) is 0 Å². The lowest BCUT2D eigenvalue weighted by Crippen LogP contribution is -2.28. The fourth-order valence-electron chi connectivity index (χ4n) is 1.10. The number of anilines is 1. The Morgan fingerprint density at radius 1 is 1.44 bits per heavy atom. The van der Waals surface area contributed by atoms with Gasteiger partial charge < -0.3 is 14.5 Å². The summed E-state index contributed by atoms with van der Waals surface area (Å²) in [6, 6.07) is 0. The molecule has 0 amide bonds. The van der Waals surface area contributed by atoms with Crippen LogP contribution in [0.15, 0.2) is 4.52 Å². The van der Waals surface area contributed by atoms with Gasteiger partial charge in [-0.15, -0.1) is 0 Å². The van der Waals surface area contributed by atoms with Crippen molar-refractivity contribution in [3.8, 4) is 0 Å². The van der Waals surface area contributed by atoms with Crippen molar-refractivity contribution in [1.29, 1.82) is 0 Å². The molecule has 16 heavy (non-hydrogen) atoms. The molecular formula is C11H21N3O2. The van der Waals surface area contributed by atoms with Crippen molar-refractivity contribution >= 4 is 5.95 Å². The molecule has 0 saturated heterocycles. The third-order valence-electron chi connectivity index (χ3n) is 2.64. The Morgan fingerprint density at radius 2 is 2.06 bits per heavy atom. The van der Waals surface area contributed by atoms with Crippen molar-refractivity contribution in [2.45, 2.75) is 40.2 Å². The molecule has 5 nitrogen and oxygen atoms in total. The highest BCUT2D eigenvalue weighted by molar-refractivity contribution is 5.25. The van der Waals surface area contributed by atoms with Crippen LogP contribution in [0.3, 0.4) is 0 Å². The van der Waals surface area contributed by atoms with Crippen LogP contribution in [0.2, 0.25) is 0 Å². The molecule has 1 rings (SSSR count). The molecular weight excluding hydrogens is 206 g/mol. The molecule has 1 N–H and O–H groups in total. The molecule has 0 aliphatic rings. The topological polar surface area (TPSA) is 62.4 Å². The van der Waals surface area contributed by atoms with Gasteiger partial charge in [-0.2, -0.15) is 4.98 Å². The fourth-order valence-corrected chi connectivity index (χ4v) is 1.10. The summed E-state index contributed by atoms with van der Waals surface area (Å²) in [6.45, 7) is 8.77. The lowest BCUT2D eigenvalue weighted by molar-refractivity contribution is 0.0565. The van der Waals surface area contributed by atoms with Crippen LogP contribution in [0.1, 0.15) is 33.6 Å². The van der Waals surface area contributed by atoms with Gasteiger partial charge in [0.2, 0.25) is 5.89 Å². The first kappa shape index (κ1) is 13.0. The van der Waals surface area contributed by atoms with Crippen molar-refractivity contribution in [2.24, 2.45) is 5.41 Å². The zero-order valence-electron chi connectivity index (χ0n) is 10.7. The quantitative estimate of drug-likeness (QED) is 0.844. The van der Waals surface area contributed by atoms with Gasteiger partial charge >= 0.3 is 0 Å². The van der Waals surface area contributed by atoms with Crippen LogP contribution in [-0.4, -0.2) is 34.9 Å². The van der Waals surface area contributed by atoms with E-state index >= 15 is 0 Å². The molecule has 5 heteroatoms. The zero-order chi connectivity index (χ0) is 12.3. The smallest absolute Gasteiger partial charge is 0.265 e. The predicted octanol–water partition coefficient (Wildman–Crippen LogP) is 1.48. The summed E-state index contributed by atoms with van der Waals surface area (Å²) in [4.78, 5) is 6.11. The van der Waals surface area contributed by atoms with E-state index in [0.717, 1.165) is 6.54 Å². The Bertz CT molecular complexity index is 330. The van der Waals surface area contributed by atoms with Gasteiger partial charge in [0, 0.05) is 13.6 Å². The Hall–Kier alpha value is -1.10. The van der Waals surface area contributed by atoms with Gasteiger partial charge in [0.25, 0.3) is 5.95 Å². The maximum atomic E-state index is 9.90. The van der Waals surface area contributed by atoms with Gasteiger partial charge in [0.1, 0.15) is 0 Å². The Morgan fingerprint density at radius 3 is 2.56 bits per heavy atom. The molecule has 0 aliphatic carbocycles. The number of aromatic nitrogens is 2. The van der Waals surface area contributed by atoms with Gasteiger partial charge in [0.15, 0.2) is 0 Å². The number of rotatable bonds is 4. The highest BCUT2D eigenvalue weighted by Gasteiger charge is 2.24. The number of hydrogen-bond donors (Lipinski definition) is 1. The van der Waals surface area contributed by atoms with E-state index in [4.69, 9.17) is 4.52 Å². The van der Waals surface area contributed by atoms with Gasteiger partial charge in [-0.1, -0.05) is 20.8 Å². The maximum absolute atomic E-state index is 9.90. The average molecular weight is 227 g/mol. The average Bonchev–Trinajstić information content (AvgIpc) is 2.63. The molecule has 1 atom stereocenters. The van der Waals surface area contributed by atoms with Crippen LogP contribution in [0.5, 0.6) is 0 Å². The molecule has 1 heterocycles. The van der Waals surface area contributed by atoms with Gasteiger partial charge in [-0.05, 0) is 17.5 Å². The van der Waals surface area contributed by atoms with Crippen molar-refractivity contribution in [1.82, 2.24) is 10.1 Å². The van der Waals surface area contributed by atoms with Crippen LogP contribution in [-0.2, 0) is 6.42 Å². The highest BCUT2D eigenvalue weighted by atomic mass is 16.5. The predicted molar refractivity (Wildman–Crippen MR) is 62.4 cm³/mol. The van der Waals surface area contributed by atoms with Crippen molar-refractivity contribution in [3.05, 3.63) is 5.89 Å². The minimum absolute atomic E-state index is 0.175. The molecule has 1 aromatic heterocycles. The molecule has 0 bridgehead atoms. The fraction of sp³-hybridized carbons (Fsp3) is 0.818. The van der Waals surface area contributed by atoms with E-state index in [1.165, 1.54) is 0 Å². The number of hydrogen-bond acceptors (Lipinski definition) is 5. The Kier molecular flexibility index (Phi) is 3.91. The molecule has 1 aromatic rings. The third kappa shape index (κ3) is 3.20. The molecule has 0 saturated carbocycles. The van der Waals surface area contributed by atoms with Crippen molar-refractivity contribution in [2.75, 3.05) is 18.5 Å². The largest absolute Gasteiger partial charge is 0.392 e. The summed E-state index contributed by atoms with van der Waals surface area (Å²) in [5, 5.41) is 13.8. The van der Waals surface area contributed by atoms with Crippen LogP contribution in [0.25, 0.3) is 0 Å². The number of aliphatic hydroxyl groups is 1. The minimum atomic E-state index is -0.479. The molecule has 0 radical (unpaired) electrons. The van der Waals surface area contributed by atoms with Crippen LogP contribution in [0.4, 0.5) is 5.95 Å². The maximum Gasteiger partial charge on any atom is 0.265 e. The van der Waals surface area contributed by atoms with E-state index in [1.807, 2.05) is 39.6 Å². The first-order chi connectivity index (χ1) is 7.34. The zero-order valence-corrected chi connectivity index (χ0v) is 10.7. The molecule has 1 unspecified atom stereocenters. The second-order valence-electron chi connectivity index (χ2n) is 5.09. The second kappa shape index (κ2) is 4.82. The molecule has 0 aromatic carbocycles. The van der Waals surface area contributed by atoms with Gasteiger partial charge in [-0.3, -0.25) is 0 Å². The van der Waals surface area contributed by atoms with Crippen LogP contribution in [0, 0.1) is 5.41 Å². The Balaban J connectivity index is 2.66. The lowest BCUT2D eigenvalue weighted by atomic mass is 9.87. The highest BCUT2D eigenvalue weighted by Crippen LogP contribution is 2.22. The van der Waals surface area contributed by atoms with E-state index in [2.05, 4.69) is 10.1 Å². The lowest BCUT2D eigenvalue weighted by Gasteiger charge is -2.24. The van der Waals surface area contributed by atoms with E-state index in [0.29, 0.717) is 18.3 Å². The van der Waals surface area contributed by atoms with E-state index in [1.54, 1.807) is 0 Å². The minimum Gasteiger partial charge on any atom is -0.392 e. The summed E-state index contributed by atoms with van der Waals surface area (Å²) in [7, 11) is 1.90. The first-order valence-corrected chi connectivity index (χ1v) is 5.56. The summed E-state index contributed by atoms with van der Waals surface area (Å²) in [6.07, 6.45) is -0.0821. The summed E-state index contributed by atoms with van der Waals surface area (Å²) < 4.78 is 5.09. The molecule has 92 valence electrons. The standard InChI is InChI=1S/C11H21N3O2/c1-6-14(5)10-12-9(16-13-10)7-8(15)11(2,3)4/h8,15H,6-7H2,1-5H3. The monoisotopic (exact) mass is 227 g/mol. The first-order valence-electron chi connectivity index (χ1n) is 5.56. The van der Waals surface area contributed by atoms with E-state index in [9.17, 15) is 5.11 Å². The normalized spacial score (nSPS) is 13.9. The third-order valence-corrected chi connectivity index (χ3v) is 2.64. The summed E-state index contributed by atoms with van der Waals surface area (Å²) in [5.41, 5.74) is -0.175. The van der Waals surface area contributed by atoms with Crippen LogP contribution >= 0.6 is 0 Å². The van der Waals surface area contributed by atoms with E-state index < -0.39 is 6.10 Å². The summed E-state index contributed by atoms with van der Waals surface area (Å²) in [5.74, 6) is 1.05. The van der Waals surface area contributed by atoms with E-state index in [-0.39, 0.29) is 5.41 Å². The number of nitrogens with zero attached hydrogens (tertiary/aromatic N) is 3. The second-order valence-corrected chi connectivity index (χ2v) is 5.09. The van der Waals surface area contributed by atoms with Gasteiger partial charge in [0.05, 0.1) is 12.5 Å². The molecule has 0 aliphatic heterocycles. The Labute approximate surface area is 96.5 Å². The molecule has 0 fully saturated rings. The SMILES string of the molecule is CCN(C)c1noc(CC(O)C(C)(C)C)n1. The van der Waals surface area contributed by atoms with Crippen LogP contribution < -0.4 is 4.90 Å². The van der Waals surface area contributed by atoms with Crippen molar-refractivity contribution < 1.29 is 9.63 Å².